The zero-order chi connectivity index (χ0) is 8.10. The van der Waals surface area contributed by atoms with Gasteiger partial charge in [0.25, 0.3) is 0 Å². The molecule has 0 saturated heterocycles. The highest BCUT2D eigenvalue weighted by Crippen LogP contribution is 2.29. The fourth-order valence-electron chi connectivity index (χ4n) is 1.37. The molecular formula is C7H11IO2S. The van der Waals surface area contributed by atoms with Gasteiger partial charge in [0, 0.05) is 27.1 Å². The maximum atomic E-state index is 10.4. The zero-order valence-corrected chi connectivity index (χ0v) is 9.14. The number of aldehydes is 1. The molecule has 0 spiro atoms. The SMILES string of the molecule is O=CC1CCC(OSI)CC1. The Morgan fingerprint density at radius 2 is 2.00 bits per heavy atom. The normalized spacial score (nSPS) is 31.7. The van der Waals surface area contributed by atoms with E-state index in [1.165, 1.54) is 9.21 Å². The van der Waals surface area contributed by atoms with Crippen LogP contribution in [0.5, 0.6) is 0 Å². The van der Waals surface area contributed by atoms with E-state index >= 15 is 0 Å². The minimum atomic E-state index is 0.300. The summed E-state index contributed by atoms with van der Waals surface area (Å²) in [7, 11) is 1.40. The molecule has 0 aliphatic heterocycles. The van der Waals surface area contributed by atoms with E-state index in [0.717, 1.165) is 32.0 Å². The van der Waals surface area contributed by atoms with E-state index in [-0.39, 0.29) is 0 Å². The third kappa shape index (κ3) is 3.29. The summed E-state index contributed by atoms with van der Waals surface area (Å²) in [5, 5.41) is 0. The van der Waals surface area contributed by atoms with Crippen LogP contribution in [0.25, 0.3) is 0 Å². The Morgan fingerprint density at radius 3 is 2.45 bits per heavy atom. The van der Waals surface area contributed by atoms with Crippen LogP contribution in [0.1, 0.15) is 25.7 Å². The van der Waals surface area contributed by atoms with Crippen molar-refractivity contribution in [2.24, 2.45) is 5.92 Å². The van der Waals surface area contributed by atoms with Crippen LogP contribution in [0, 0.1) is 5.92 Å². The van der Waals surface area contributed by atoms with Crippen molar-refractivity contribution in [2.75, 3.05) is 0 Å². The number of halogens is 1. The van der Waals surface area contributed by atoms with Crippen LogP contribution in [0.2, 0.25) is 0 Å². The van der Waals surface area contributed by atoms with Crippen molar-refractivity contribution in [3.63, 3.8) is 0 Å². The van der Waals surface area contributed by atoms with Gasteiger partial charge in [-0.1, -0.05) is 0 Å². The van der Waals surface area contributed by atoms with E-state index < -0.39 is 0 Å². The average molecular weight is 286 g/mol. The summed E-state index contributed by atoms with van der Waals surface area (Å²) in [5.74, 6) is 0.300. The number of hydrogen-bond donors (Lipinski definition) is 0. The summed E-state index contributed by atoms with van der Waals surface area (Å²) < 4.78 is 5.36. The number of carbonyl (C=O) groups excluding carboxylic acids is 1. The molecule has 0 atom stereocenters. The molecule has 0 N–H and O–H groups in total. The van der Waals surface area contributed by atoms with Gasteiger partial charge in [0.15, 0.2) is 0 Å². The molecule has 1 fully saturated rings. The van der Waals surface area contributed by atoms with Gasteiger partial charge in [0.1, 0.15) is 6.29 Å². The molecule has 11 heavy (non-hydrogen) atoms. The number of carbonyl (C=O) groups is 1. The van der Waals surface area contributed by atoms with Crippen molar-refractivity contribution in [1.29, 1.82) is 0 Å². The minimum absolute atomic E-state index is 0.300. The monoisotopic (exact) mass is 286 g/mol. The van der Waals surface area contributed by atoms with E-state index in [9.17, 15) is 4.79 Å². The van der Waals surface area contributed by atoms with Gasteiger partial charge in [0.2, 0.25) is 0 Å². The molecule has 1 aliphatic carbocycles. The highest BCUT2D eigenvalue weighted by atomic mass is 127. The van der Waals surface area contributed by atoms with Crippen LogP contribution in [0.15, 0.2) is 0 Å². The Bertz CT molecular complexity index is 124. The van der Waals surface area contributed by atoms with Crippen molar-refractivity contribution < 1.29 is 8.98 Å². The minimum Gasteiger partial charge on any atom is -0.303 e. The maximum Gasteiger partial charge on any atom is 0.123 e. The molecule has 1 rings (SSSR count). The van der Waals surface area contributed by atoms with Crippen LogP contribution < -0.4 is 0 Å². The lowest BCUT2D eigenvalue weighted by Gasteiger charge is -2.23. The predicted molar refractivity (Wildman–Crippen MR) is 54.5 cm³/mol. The molecule has 2 nitrogen and oxygen atoms in total. The Kier molecular flexibility index (Phi) is 4.78. The van der Waals surface area contributed by atoms with Crippen LogP contribution in [-0.2, 0) is 8.98 Å². The Morgan fingerprint density at radius 1 is 1.36 bits per heavy atom. The largest absolute Gasteiger partial charge is 0.303 e. The van der Waals surface area contributed by atoms with Crippen LogP contribution >= 0.6 is 30.4 Å². The molecule has 0 aromatic carbocycles. The van der Waals surface area contributed by atoms with E-state index in [1.54, 1.807) is 0 Å². The quantitative estimate of drug-likeness (QED) is 0.453. The molecule has 64 valence electrons. The standard InChI is InChI=1S/C7H11IO2S/c8-11-10-7-3-1-6(5-9)2-4-7/h5-7H,1-4H2. The summed E-state index contributed by atoms with van der Waals surface area (Å²) in [6.07, 6.45) is 5.55. The fourth-order valence-corrected chi connectivity index (χ4v) is 2.55. The van der Waals surface area contributed by atoms with Crippen LogP contribution in [0.3, 0.4) is 0 Å². The van der Waals surface area contributed by atoms with E-state index in [4.69, 9.17) is 4.18 Å². The molecule has 0 bridgehead atoms. The molecule has 0 heterocycles. The zero-order valence-electron chi connectivity index (χ0n) is 6.16. The number of rotatable bonds is 3. The first-order chi connectivity index (χ1) is 5.36. The lowest BCUT2D eigenvalue weighted by molar-refractivity contribution is -0.112. The van der Waals surface area contributed by atoms with Crippen molar-refractivity contribution in [2.45, 2.75) is 31.8 Å². The maximum absolute atomic E-state index is 10.4. The van der Waals surface area contributed by atoms with Crippen LogP contribution in [-0.4, -0.2) is 12.4 Å². The highest BCUT2D eigenvalue weighted by Gasteiger charge is 2.20. The van der Waals surface area contributed by atoms with Crippen molar-refractivity contribution >= 4 is 36.7 Å². The second-order valence-electron chi connectivity index (χ2n) is 2.83. The van der Waals surface area contributed by atoms with Crippen molar-refractivity contribution in [3.05, 3.63) is 0 Å². The molecular weight excluding hydrogens is 275 g/mol. The summed E-state index contributed by atoms with van der Waals surface area (Å²) >= 11 is 2.13. The topological polar surface area (TPSA) is 26.3 Å². The second-order valence-corrected chi connectivity index (χ2v) is 4.23. The van der Waals surface area contributed by atoms with Gasteiger partial charge >= 0.3 is 0 Å². The summed E-state index contributed by atoms with van der Waals surface area (Å²) in [6, 6.07) is 0. The summed E-state index contributed by atoms with van der Waals surface area (Å²) in [4.78, 5) is 10.4. The molecule has 0 unspecified atom stereocenters. The van der Waals surface area contributed by atoms with Crippen molar-refractivity contribution in [3.8, 4) is 0 Å². The third-order valence-corrected chi connectivity index (χ3v) is 3.05. The first-order valence-electron chi connectivity index (χ1n) is 3.76. The smallest absolute Gasteiger partial charge is 0.123 e. The molecule has 1 saturated carbocycles. The molecule has 0 amide bonds. The third-order valence-electron chi connectivity index (χ3n) is 2.08. The molecule has 1 aliphatic rings. The number of hydrogen-bond acceptors (Lipinski definition) is 3. The summed E-state index contributed by atoms with van der Waals surface area (Å²) in [5.41, 5.74) is 0. The second kappa shape index (κ2) is 5.37. The lowest BCUT2D eigenvalue weighted by atomic mass is 9.89. The molecule has 0 aromatic heterocycles. The van der Waals surface area contributed by atoms with Gasteiger partial charge < -0.3 is 8.98 Å². The highest BCUT2D eigenvalue weighted by molar-refractivity contribution is 14.2. The van der Waals surface area contributed by atoms with E-state index in [1.807, 2.05) is 0 Å². The molecule has 0 aromatic rings. The Balaban J connectivity index is 2.18. The molecule has 0 radical (unpaired) electrons. The fraction of sp³-hybridized carbons (Fsp3) is 0.857. The van der Waals surface area contributed by atoms with Gasteiger partial charge in [-0.15, -0.1) is 0 Å². The van der Waals surface area contributed by atoms with Crippen LogP contribution in [0.4, 0.5) is 0 Å². The molecule has 4 heteroatoms. The predicted octanol–water partition coefficient (Wildman–Crippen LogP) is 2.76. The van der Waals surface area contributed by atoms with Gasteiger partial charge in [0.05, 0.1) is 15.3 Å². The van der Waals surface area contributed by atoms with Gasteiger partial charge in [-0.25, -0.2) is 0 Å². The lowest BCUT2D eigenvalue weighted by Crippen LogP contribution is -2.19. The van der Waals surface area contributed by atoms with Gasteiger partial charge in [-0.2, -0.15) is 0 Å². The van der Waals surface area contributed by atoms with Gasteiger partial charge in [-0.05, 0) is 25.7 Å². The van der Waals surface area contributed by atoms with E-state index in [0.29, 0.717) is 12.0 Å². The first kappa shape index (κ1) is 9.80. The Hall–Kier alpha value is 0.710. The van der Waals surface area contributed by atoms with E-state index in [2.05, 4.69) is 21.2 Å². The summed E-state index contributed by atoms with van der Waals surface area (Å²) in [6.45, 7) is 0. The van der Waals surface area contributed by atoms with Gasteiger partial charge in [-0.3, -0.25) is 0 Å². The Labute approximate surface area is 83.2 Å². The first-order valence-corrected chi connectivity index (χ1v) is 7.04. The average Bonchev–Trinajstić information content (AvgIpc) is 2.07. The van der Waals surface area contributed by atoms with Crippen molar-refractivity contribution in [1.82, 2.24) is 0 Å².